The highest BCUT2D eigenvalue weighted by Gasteiger charge is 2.18. The zero-order chi connectivity index (χ0) is 15.9. The van der Waals surface area contributed by atoms with Gasteiger partial charge in [0.05, 0.1) is 22.3 Å². The van der Waals surface area contributed by atoms with E-state index in [9.17, 15) is 25.2 Å². The average Bonchev–Trinajstić information content (AvgIpc) is 2.45. The Labute approximate surface area is 124 Å². The van der Waals surface area contributed by atoms with Gasteiger partial charge in [0.2, 0.25) is 0 Å². The summed E-state index contributed by atoms with van der Waals surface area (Å²) in [4.78, 5) is 15.7. The lowest BCUT2D eigenvalue weighted by Gasteiger charge is -2.10. The second kappa shape index (κ2) is 4.92. The van der Waals surface area contributed by atoms with Crippen molar-refractivity contribution in [2.24, 2.45) is 0 Å². The van der Waals surface area contributed by atoms with E-state index < -0.39 is 17.5 Å². The van der Waals surface area contributed by atoms with Gasteiger partial charge in [-0.1, -0.05) is 18.2 Å². The molecule has 6 heteroatoms. The van der Waals surface area contributed by atoms with Crippen molar-refractivity contribution in [3.8, 4) is 28.5 Å². The molecule has 6 nitrogen and oxygen atoms in total. The number of carbonyl (C=O) groups is 1. The molecule has 0 unspecified atom stereocenters. The molecule has 0 aliphatic rings. The molecule has 4 N–H and O–H groups in total. The second-order valence-electron chi connectivity index (χ2n) is 4.74. The van der Waals surface area contributed by atoms with Gasteiger partial charge in [-0.2, -0.15) is 0 Å². The van der Waals surface area contributed by atoms with Crippen molar-refractivity contribution >= 4 is 16.9 Å². The first-order chi connectivity index (χ1) is 10.5. The molecule has 0 radical (unpaired) electrons. The topological polar surface area (TPSA) is 111 Å². The van der Waals surface area contributed by atoms with Gasteiger partial charge in [-0.15, -0.1) is 0 Å². The molecule has 0 aliphatic heterocycles. The summed E-state index contributed by atoms with van der Waals surface area (Å²) in [7, 11) is 0. The van der Waals surface area contributed by atoms with Crippen LogP contribution in [0.15, 0.2) is 42.5 Å². The minimum atomic E-state index is -1.14. The highest BCUT2D eigenvalue weighted by molar-refractivity contribution is 6.04. The molecule has 1 heterocycles. The van der Waals surface area contributed by atoms with Gasteiger partial charge in [-0.3, -0.25) is 0 Å². The molecule has 0 saturated heterocycles. The molecule has 0 spiro atoms. The van der Waals surface area contributed by atoms with Crippen LogP contribution in [0.25, 0.3) is 22.2 Å². The van der Waals surface area contributed by atoms with Gasteiger partial charge in [0, 0.05) is 17.5 Å². The van der Waals surface area contributed by atoms with Crippen LogP contribution < -0.4 is 0 Å². The van der Waals surface area contributed by atoms with Crippen LogP contribution >= 0.6 is 0 Å². The number of benzene rings is 2. The number of para-hydroxylation sites is 1. The first kappa shape index (κ1) is 13.7. The molecule has 3 rings (SSSR count). The fourth-order valence-electron chi connectivity index (χ4n) is 2.34. The summed E-state index contributed by atoms with van der Waals surface area (Å²) < 4.78 is 0. The van der Waals surface area contributed by atoms with Crippen LogP contribution in [0.3, 0.4) is 0 Å². The second-order valence-corrected chi connectivity index (χ2v) is 4.74. The van der Waals surface area contributed by atoms with Crippen LogP contribution in [0.1, 0.15) is 10.4 Å². The molecule has 0 saturated carbocycles. The van der Waals surface area contributed by atoms with E-state index in [1.54, 1.807) is 24.3 Å². The number of phenolic OH excluding ortho intramolecular Hbond substituents is 3. The number of carboxylic acid groups (broad SMARTS) is 1. The van der Waals surface area contributed by atoms with Crippen LogP contribution in [-0.4, -0.2) is 31.4 Å². The van der Waals surface area contributed by atoms with Crippen molar-refractivity contribution in [1.29, 1.82) is 0 Å². The molecule has 2 aromatic carbocycles. The van der Waals surface area contributed by atoms with Gasteiger partial charge >= 0.3 is 5.97 Å². The Morgan fingerprint density at radius 2 is 1.59 bits per heavy atom. The molecule has 0 atom stereocenters. The molecule has 22 heavy (non-hydrogen) atoms. The van der Waals surface area contributed by atoms with Gasteiger partial charge in [-0.25, -0.2) is 9.78 Å². The lowest BCUT2D eigenvalue weighted by molar-refractivity contribution is 0.0699. The number of phenols is 3. The van der Waals surface area contributed by atoms with E-state index in [4.69, 9.17) is 0 Å². The quantitative estimate of drug-likeness (QED) is 0.579. The number of aromatic hydroxyl groups is 3. The molecule has 3 aromatic rings. The number of aromatic carboxylic acids is 1. The van der Waals surface area contributed by atoms with E-state index in [-0.39, 0.29) is 22.6 Å². The summed E-state index contributed by atoms with van der Waals surface area (Å²) in [5.74, 6) is -2.23. The maximum Gasteiger partial charge on any atom is 0.336 e. The summed E-state index contributed by atoms with van der Waals surface area (Å²) in [6.07, 6.45) is 0. The Morgan fingerprint density at radius 3 is 2.23 bits per heavy atom. The van der Waals surface area contributed by atoms with Crippen molar-refractivity contribution in [3.05, 3.63) is 48.0 Å². The Morgan fingerprint density at radius 1 is 0.955 bits per heavy atom. The third-order valence-electron chi connectivity index (χ3n) is 3.28. The maximum atomic E-state index is 11.4. The van der Waals surface area contributed by atoms with Crippen LogP contribution in [0.4, 0.5) is 0 Å². The summed E-state index contributed by atoms with van der Waals surface area (Å²) in [6.45, 7) is 0. The summed E-state index contributed by atoms with van der Waals surface area (Å²) in [5, 5.41) is 39.0. The zero-order valence-electron chi connectivity index (χ0n) is 11.2. The number of hydrogen-bond acceptors (Lipinski definition) is 5. The number of hydrogen-bond donors (Lipinski definition) is 4. The molecular weight excluding hydrogens is 286 g/mol. The lowest BCUT2D eigenvalue weighted by atomic mass is 10.0. The first-order valence-electron chi connectivity index (χ1n) is 6.36. The van der Waals surface area contributed by atoms with E-state index in [2.05, 4.69) is 4.98 Å². The third-order valence-corrected chi connectivity index (χ3v) is 3.28. The highest BCUT2D eigenvalue weighted by atomic mass is 16.4. The standard InChI is InChI=1S/C16H11NO5/c18-8-5-13(19)15(14(20)6-8)12-7-10(16(21)22)9-3-1-2-4-11(9)17-12/h1-7,18-20H,(H,21,22). The minimum Gasteiger partial charge on any atom is -0.508 e. The van der Waals surface area contributed by atoms with E-state index in [0.29, 0.717) is 10.9 Å². The average molecular weight is 297 g/mol. The van der Waals surface area contributed by atoms with E-state index in [1.807, 2.05) is 0 Å². The van der Waals surface area contributed by atoms with Gasteiger partial charge < -0.3 is 20.4 Å². The molecule has 1 aromatic heterocycles. The molecule has 0 amide bonds. The number of pyridine rings is 1. The van der Waals surface area contributed by atoms with Crippen LogP contribution in [0, 0.1) is 0 Å². The summed E-state index contributed by atoms with van der Waals surface area (Å²) >= 11 is 0. The van der Waals surface area contributed by atoms with Crippen molar-refractivity contribution in [1.82, 2.24) is 4.98 Å². The van der Waals surface area contributed by atoms with Crippen LogP contribution in [-0.2, 0) is 0 Å². The fraction of sp³-hybridized carbons (Fsp3) is 0. The van der Waals surface area contributed by atoms with Crippen molar-refractivity contribution in [2.45, 2.75) is 0 Å². The Bertz CT molecular complexity index is 881. The predicted octanol–water partition coefficient (Wildman–Crippen LogP) is 2.72. The van der Waals surface area contributed by atoms with Gasteiger partial charge in [0.1, 0.15) is 17.2 Å². The zero-order valence-corrected chi connectivity index (χ0v) is 11.2. The van der Waals surface area contributed by atoms with Crippen molar-refractivity contribution in [2.75, 3.05) is 0 Å². The van der Waals surface area contributed by atoms with Crippen molar-refractivity contribution < 1.29 is 25.2 Å². The van der Waals surface area contributed by atoms with E-state index in [0.717, 1.165) is 12.1 Å². The maximum absolute atomic E-state index is 11.4. The normalized spacial score (nSPS) is 10.7. The van der Waals surface area contributed by atoms with Crippen LogP contribution in [0.2, 0.25) is 0 Å². The van der Waals surface area contributed by atoms with Gasteiger partial charge in [0.15, 0.2) is 0 Å². The predicted molar refractivity (Wildman–Crippen MR) is 79.1 cm³/mol. The Kier molecular flexibility index (Phi) is 3.06. The molecule has 0 aliphatic carbocycles. The summed E-state index contributed by atoms with van der Waals surface area (Å²) in [5.41, 5.74) is 0.494. The lowest BCUT2D eigenvalue weighted by Crippen LogP contribution is -2.00. The van der Waals surface area contributed by atoms with Crippen molar-refractivity contribution in [3.63, 3.8) is 0 Å². The summed E-state index contributed by atoms with van der Waals surface area (Å²) in [6, 6.07) is 10.0. The smallest absolute Gasteiger partial charge is 0.336 e. The van der Waals surface area contributed by atoms with Gasteiger partial charge in [0.25, 0.3) is 0 Å². The molecule has 110 valence electrons. The van der Waals surface area contributed by atoms with E-state index >= 15 is 0 Å². The Balaban J connectivity index is 2.36. The third kappa shape index (κ3) is 2.16. The number of carboxylic acids is 1. The van der Waals surface area contributed by atoms with E-state index in [1.165, 1.54) is 6.07 Å². The molecule has 0 bridgehead atoms. The fourth-order valence-corrected chi connectivity index (χ4v) is 2.34. The molecule has 0 fully saturated rings. The Hall–Kier alpha value is -3.28. The highest BCUT2D eigenvalue weighted by Crippen LogP contribution is 2.40. The number of aromatic nitrogens is 1. The minimum absolute atomic E-state index is 0.00692. The first-order valence-corrected chi connectivity index (χ1v) is 6.36. The number of nitrogens with zero attached hydrogens (tertiary/aromatic N) is 1. The van der Waals surface area contributed by atoms with Gasteiger partial charge in [-0.05, 0) is 12.1 Å². The molecular formula is C16H11NO5. The monoisotopic (exact) mass is 297 g/mol. The number of rotatable bonds is 2. The SMILES string of the molecule is O=C(O)c1cc(-c2c(O)cc(O)cc2O)nc2ccccc12. The number of fused-ring (bicyclic) bond motifs is 1. The van der Waals surface area contributed by atoms with Crippen LogP contribution in [0.5, 0.6) is 17.2 Å². The largest absolute Gasteiger partial charge is 0.508 e.